The first-order valence-corrected chi connectivity index (χ1v) is 11.1. The predicted octanol–water partition coefficient (Wildman–Crippen LogP) is 7.65. The van der Waals surface area contributed by atoms with Crippen LogP contribution in [0.4, 0.5) is 0 Å². The Labute approximate surface area is 178 Å². The molecule has 0 saturated heterocycles. The van der Waals surface area contributed by atoms with Gasteiger partial charge < -0.3 is 14.6 Å². The van der Waals surface area contributed by atoms with Gasteiger partial charge in [-0.2, -0.15) is 0 Å². The molecule has 0 amide bonds. The molecule has 0 aliphatic heterocycles. The molecule has 3 heteroatoms. The SMILES string of the molecule is CCC(C)c1ccc(O)cc1.CCCCOC(C)Oc1ccc(C(C)CC)cc1. The Morgan fingerprint density at radius 1 is 0.759 bits per heavy atom. The fraction of sp³-hybridized carbons (Fsp3) is 0.538. The second-order valence-electron chi connectivity index (χ2n) is 7.69. The molecule has 0 bridgehead atoms. The van der Waals surface area contributed by atoms with Gasteiger partial charge in [0.25, 0.3) is 0 Å². The van der Waals surface area contributed by atoms with Crippen molar-refractivity contribution in [2.45, 2.75) is 85.4 Å². The Bertz CT molecular complexity index is 649. The highest BCUT2D eigenvalue weighted by Crippen LogP contribution is 2.22. The minimum absolute atomic E-state index is 0.175. The second-order valence-corrected chi connectivity index (χ2v) is 7.69. The molecule has 0 fully saturated rings. The molecular formula is C26H40O3. The average molecular weight is 401 g/mol. The molecular weight excluding hydrogens is 360 g/mol. The minimum Gasteiger partial charge on any atom is -0.508 e. The van der Waals surface area contributed by atoms with Gasteiger partial charge in [0.15, 0.2) is 6.29 Å². The van der Waals surface area contributed by atoms with E-state index < -0.39 is 0 Å². The summed E-state index contributed by atoms with van der Waals surface area (Å²) in [7, 11) is 0. The zero-order chi connectivity index (χ0) is 21.6. The summed E-state index contributed by atoms with van der Waals surface area (Å²) >= 11 is 0. The second kappa shape index (κ2) is 14.1. The first-order valence-electron chi connectivity index (χ1n) is 11.1. The Balaban J connectivity index is 0.000000326. The average Bonchev–Trinajstić information content (AvgIpc) is 2.74. The summed E-state index contributed by atoms with van der Waals surface area (Å²) < 4.78 is 11.3. The number of aromatic hydroxyl groups is 1. The van der Waals surface area contributed by atoms with E-state index in [1.54, 1.807) is 12.1 Å². The van der Waals surface area contributed by atoms with Crippen LogP contribution in [0.15, 0.2) is 48.5 Å². The van der Waals surface area contributed by atoms with Crippen LogP contribution in [0.5, 0.6) is 11.5 Å². The van der Waals surface area contributed by atoms with Crippen LogP contribution in [-0.2, 0) is 4.74 Å². The van der Waals surface area contributed by atoms with Crippen molar-refractivity contribution in [1.29, 1.82) is 0 Å². The number of hydrogen-bond acceptors (Lipinski definition) is 3. The van der Waals surface area contributed by atoms with Crippen molar-refractivity contribution in [3.8, 4) is 11.5 Å². The molecule has 0 heterocycles. The smallest absolute Gasteiger partial charge is 0.196 e. The van der Waals surface area contributed by atoms with Crippen molar-refractivity contribution in [2.24, 2.45) is 0 Å². The summed E-state index contributed by atoms with van der Waals surface area (Å²) in [6.07, 6.45) is 4.37. The lowest BCUT2D eigenvalue weighted by Crippen LogP contribution is -2.16. The van der Waals surface area contributed by atoms with E-state index in [2.05, 4.69) is 46.8 Å². The summed E-state index contributed by atoms with van der Waals surface area (Å²) in [6, 6.07) is 15.8. The summed E-state index contributed by atoms with van der Waals surface area (Å²) in [6.45, 7) is 13.7. The summed E-state index contributed by atoms with van der Waals surface area (Å²) in [5.41, 5.74) is 2.66. The van der Waals surface area contributed by atoms with E-state index in [-0.39, 0.29) is 6.29 Å². The monoisotopic (exact) mass is 400 g/mol. The van der Waals surface area contributed by atoms with Crippen LogP contribution in [0.3, 0.4) is 0 Å². The Morgan fingerprint density at radius 3 is 1.69 bits per heavy atom. The normalized spacial score (nSPS) is 13.7. The van der Waals surface area contributed by atoms with Crippen LogP contribution in [-0.4, -0.2) is 18.0 Å². The van der Waals surface area contributed by atoms with E-state index in [0.717, 1.165) is 38.0 Å². The van der Waals surface area contributed by atoms with Crippen LogP contribution < -0.4 is 4.74 Å². The zero-order valence-electron chi connectivity index (χ0n) is 19.2. The van der Waals surface area contributed by atoms with Gasteiger partial charge in [0, 0.05) is 0 Å². The van der Waals surface area contributed by atoms with Crippen molar-refractivity contribution in [1.82, 2.24) is 0 Å². The lowest BCUT2D eigenvalue weighted by molar-refractivity contribution is -0.0673. The molecule has 0 aromatic heterocycles. The van der Waals surface area contributed by atoms with Gasteiger partial charge in [-0.1, -0.05) is 65.3 Å². The molecule has 3 atom stereocenters. The number of phenolic OH excluding ortho intramolecular Hbond substituents is 1. The van der Waals surface area contributed by atoms with Gasteiger partial charge in [-0.15, -0.1) is 0 Å². The number of phenols is 1. The maximum absolute atomic E-state index is 9.01. The lowest BCUT2D eigenvalue weighted by Gasteiger charge is -2.16. The molecule has 162 valence electrons. The van der Waals surface area contributed by atoms with Crippen molar-refractivity contribution < 1.29 is 14.6 Å². The van der Waals surface area contributed by atoms with Gasteiger partial charge in [0.1, 0.15) is 11.5 Å². The fourth-order valence-electron chi connectivity index (χ4n) is 2.77. The lowest BCUT2D eigenvalue weighted by atomic mass is 9.99. The maximum Gasteiger partial charge on any atom is 0.196 e. The molecule has 1 N–H and O–H groups in total. The number of unbranched alkanes of at least 4 members (excludes halogenated alkanes) is 1. The molecule has 3 unspecified atom stereocenters. The summed E-state index contributed by atoms with van der Waals surface area (Å²) in [5, 5.41) is 9.01. The Morgan fingerprint density at radius 2 is 1.24 bits per heavy atom. The van der Waals surface area contributed by atoms with Crippen molar-refractivity contribution >= 4 is 0 Å². The van der Waals surface area contributed by atoms with E-state index >= 15 is 0 Å². The van der Waals surface area contributed by atoms with Gasteiger partial charge in [-0.05, 0) is 73.4 Å². The Kier molecular flexibility index (Phi) is 12.1. The summed E-state index contributed by atoms with van der Waals surface area (Å²) in [5.74, 6) is 2.43. The van der Waals surface area contributed by atoms with Crippen molar-refractivity contribution in [2.75, 3.05) is 6.61 Å². The molecule has 0 aliphatic rings. The molecule has 0 spiro atoms. The first kappa shape index (κ1) is 25.0. The van der Waals surface area contributed by atoms with Crippen LogP contribution in [0.25, 0.3) is 0 Å². The topological polar surface area (TPSA) is 38.7 Å². The van der Waals surface area contributed by atoms with E-state index in [1.165, 1.54) is 11.1 Å². The van der Waals surface area contributed by atoms with Crippen LogP contribution in [0, 0.1) is 0 Å². The minimum atomic E-state index is -0.175. The van der Waals surface area contributed by atoms with Crippen molar-refractivity contribution in [3.63, 3.8) is 0 Å². The van der Waals surface area contributed by atoms with Gasteiger partial charge in [0.2, 0.25) is 0 Å². The number of benzene rings is 2. The number of ether oxygens (including phenoxy) is 2. The molecule has 2 aromatic carbocycles. The third-order valence-electron chi connectivity index (χ3n) is 5.29. The van der Waals surface area contributed by atoms with Crippen LogP contribution in [0.1, 0.15) is 90.2 Å². The van der Waals surface area contributed by atoms with Crippen molar-refractivity contribution in [3.05, 3.63) is 59.7 Å². The highest BCUT2D eigenvalue weighted by molar-refractivity contribution is 5.29. The highest BCUT2D eigenvalue weighted by atomic mass is 16.7. The van der Waals surface area contributed by atoms with Gasteiger partial charge in [0.05, 0.1) is 6.61 Å². The number of hydrogen-bond donors (Lipinski definition) is 1. The third-order valence-corrected chi connectivity index (χ3v) is 5.29. The molecule has 0 radical (unpaired) electrons. The molecule has 2 aromatic rings. The third kappa shape index (κ3) is 9.85. The highest BCUT2D eigenvalue weighted by Gasteiger charge is 2.06. The Hall–Kier alpha value is -2.00. The molecule has 3 nitrogen and oxygen atoms in total. The van der Waals surface area contributed by atoms with E-state index in [9.17, 15) is 0 Å². The van der Waals surface area contributed by atoms with Gasteiger partial charge in [-0.25, -0.2) is 0 Å². The quantitative estimate of drug-likeness (QED) is 0.329. The van der Waals surface area contributed by atoms with Crippen LogP contribution >= 0.6 is 0 Å². The largest absolute Gasteiger partial charge is 0.508 e. The maximum atomic E-state index is 9.01. The van der Waals surface area contributed by atoms with Gasteiger partial charge >= 0.3 is 0 Å². The van der Waals surface area contributed by atoms with Gasteiger partial charge in [-0.3, -0.25) is 0 Å². The van der Waals surface area contributed by atoms with E-state index in [4.69, 9.17) is 14.6 Å². The molecule has 2 rings (SSSR count). The van der Waals surface area contributed by atoms with E-state index in [1.807, 2.05) is 31.2 Å². The summed E-state index contributed by atoms with van der Waals surface area (Å²) in [4.78, 5) is 0. The molecule has 0 aliphatic carbocycles. The molecule has 29 heavy (non-hydrogen) atoms. The van der Waals surface area contributed by atoms with Crippen LogP contribution in [0.2, 0.25) is 0 Å². The first-order chi connectivity index (χ1) is 13.9. The fourth-order valence-corrected chi connectivity index (χ4v) is 2.77. The standard InChI is InChI=1S/C16H26O2.C10H14O/c1-5-7-12-17-14(4)18-16-10-8-15(9-11-16)13(3)6-2;1-3-8(2)9-4-6-10(11)7-5-9/h8-11,13-14H,5-7,12H2,1-4H3;4-8,11H,3H2,1-2H3. The number of rotatable bonds is 10. The molecule has 0 saturated carbocycles. The zero-order valence-corrected chi connectivity index (χ0v) is 19.2. The predicted molar refractivity (Wildman–Crippen MR) is 123 cm³/mol. The van der Waals surface area contributed by atoms with E-state index in [0.29, 0.717) is 17.6 Å².